The number of ether oxygens (including phenoxy) is 4. The average molecular weight is 432 g/mol. The summed E-state index contributed by atoms with van der Waals surface area (Å²) in [5.74, 6) is -1.43. The predicted molar refractivity (Wildman–Crippen MR) is 109 cm³/mol. The molecule has 29 heavy (non-hydrogen) atoms. The van der Waals surface area contributed by atoms with E-state index in [4.69, 9.17) is 18.9 Å². The van der Waals surface area contributed by atoms with E-state index in [1.54, 1.807) is 30.5 Å². The van der Waals surface area contributed by atoms with Crippen molar-refractivity contribution < 1.29 is 33.6 Å². The second-order valence-electron chi connectivity index (χ2n) is 7.43. The zero-order chi connectivity index (χ0) is 21.6. The first kappa shape index (κ1) is 24.0. The molecular formula is C20H33NO7S. The lowest BCUT2D eigenvalue weighted by Gasteiger charge is -2.42. The summed E-state index contributed by atoms with van der Waals surface area (Å²) in [6, 6.07) is 0. The van der Waals surface area contributed by atoms with Gasteiger partial charge >= 0.3 is 11.9 Å². The molecular weight excluding hydrogens is 398 g/mol. The quantitative estimate of drug-likeness (QED) is 0.193. The van der Waals surface area contributed by atoms with E-state index in [0.717, 1.165) is 18.6 Å². The molecule has 0 aromatic rings. The molecule has 0 saturated carbocycles. The topological polar surface area (TPSA) is 94.5 Å². The van der Waals surface area contributed by atoms with Crippen LogP contribution in [0, 0.1) is 0 Å². The molecule has 0 spiro atoms. The molecule has 0 aromatic carbocycles. The van der Waals surface area contributed by atoms with Gasteiger partial charge in [0.1, 0.15) is 23.7 Å². The number of carbonyl (C=O) groups excluding carboxylic acids is 2. The van der Waals surface area contributed by atoms with Crippen LogP contribution in [0.1, 0.15) is 47.5 Å². The first-order valence-electron chi connectivity index (χ1n) is 10.2. The Balaban J connectivity index is 2.35. The molecule has 0 aliphatic carbocycles. The standard InChI is InChI=1S/C20H33NO7S/c1-6-9-10-29-17-16-15(27-20(4,5)28-16)14(22)12-21(17)11-13(18(23)25-7-2)19(24)26-8-3/h11,14-17,22H,6-10,12H2,1-5H3/t14-,15-,16-,17+/m1/s1. The van der Waals surface area contributed by atoms with E-state index in [2.05, 4.69) is 6.92 Å². The van der Waals surface area contributed by atoms with E-state index in [1.165, 1.54) is 6.20 Å². The number of piperidine rings is 1. The van der Waals surface area contributed by atoms with Crippen LogP contribution in [0.3, 0.4) is 0 Å². The molecule has 4 atom stereocenters. The van der Waals surface area contributed by atoms with Gasteiger partial charge in [0, 0.05) is 12.7 Å². The SMILES string of the molecule is CCCCS[C@H]1[C@@H]2OC(C)(C)O[C@@H]2[C@H](O)CN1C=C(C(=O)OCC)C(=O)OCC. The highest BCUT2D eigenvalue weighted by molar-refractivity contribution is 7.99. The van der Waals surface area contributed by atoms with Gasteiger partial charge in [0.2, 0.25) is 0 Å². The highest BCUT2D eigenvalue weighted by Gasteiger charge is 2.53. The van der Waals surface area contributed by atoms with Crippen molar-refractivity contribution in [2.45, 2.75) is 76.9 Å². The van der Waals surface area contributed by atoms with E-state index in [0.29, 0.717) is 0 Å². The van der Waals surface area contributed by atoms with Crippen molar-refractivity contribution in [1.29, 1.82) is 0 Å². The van der Waals surface area contributed by atoms with Crippen LogP contribution in [0.2, 0.25) is 0 Å². The van der Waals surface area contributed by atoms with Gasteiger partial charge in [-0.15, -0.1) is 11.8 Å². The van der Waals surface area contributed by atoms with Crippen LogP contribution in [0.15, 0.2) is 11.8 Å². The Morgan fingerprint density at radius 1 is 1.14 bits per heavy atom. The molecule has 1 N–H and O–H groups in total. The molecule has 2 aliphatic rings. The number of likely N-dealkylation sites (tertiary alicyclic amines) is 1. The molecule has 2 fully saturated rings. The largest absolute Gasteiger partial charge is 0.462 e. The fraction of sp³-hybridized carbons (Fsp3) is 0.800. The maximum atomic E-state index is 12.4. The lowest BCUT2D eigenvalue weighted by Crippen LogP contribution is -2.57. The summed E-state index contributed by atoms with van der Waals surface area (Å²) < 4.78 is 22.1. The molecule has 9 heteroatoms. The minimum absolute atomic E-state index is 0.142. The Bertz CT molecular complexity index is 590. The summed E-state index contributed by atoms with van der Waals surface area (Å²) in [6.07, 6.45) is 1.80. The summed E-state index contributed by atoms with van der Waals surface area (Å²) in [7, 11) is 0. The third-order valence-electron chi connectivity index (χ3n) is 4.62. The van der Waals surface area contributed by atoms with E-state index in [9.17, 15) is 14.7 Å². The van der Waals surface area contributed by atoms with Crippen molar-refractivity contribution in [1.82, 2.24) is 4.90 Å². The van der Waals surface area contributed by atoms with E-state index in [1.807, 2.05) is 13.8 Å². The zero-order valence-electron chi connectivity index (χ0n) is 17.9. The van der Waals surface area contributed by atoms with Crippen LogP contribution in [0.25, 0.3) is 0 Å². The van der Waals surface area contributed by atoms with E-state index < -0.39 is 36.0 Å². The molecule has 0 aromatic heterocycles. The number of esters is 2. The van der Waals surface area contributed by atoms with Gasteiger partial charge in [0.15, 0.2) is 11.4 Å². The molecule has 166 valence electrons. The van der Waals surface area contributed by atoms with Gasteiger partial charge in [0.25, 0.3) is 0 Å². The third-order valence-corrected chi connectivity index (χ3v) is 6.03. The van der Waals surface area contributed by atoms with Gasteiger partial charge in [-0.2, -0.15) is 0 Å². The van der Waals surface area contributed by atoms with Crippen molar-refractivity contribution in [2.24, 2.45) is 0 Å². The van der Waals surface area contributed by atoms with Crippen molar-refractivity contribution in [3.8, 4) is 0 Å². The molecule has 2 heterocycles. The third kappa shape index (κ3) is 6.10. The number of unbranched alkanes of at least 4 members (excludes halogenated alkanes) is 1. The summed E-state index contributed by atoms with van der Waals surface area (Å²) in [6.45, 7) is 9.57. The van der Waals surface area contributed by atoms with Crippen molar-refractivity contribution >= 4 is 23.7 Å². The smallest absolute Gasteiger partial charge is 0.347 e. The predicted octanol–water partition coefficient (Wildman–Crippen LogP) is 2.05. The molecule has 2 aliphatic heterocycles. The first-order chi connectivity index (χ1) is 13.7. The minimum Gasteiger partial charge on any atom is -0.462 e. The summed E-state index contributed by atoms with van der Waals surface area (Å²) in [5.41, 5.74) is -0.196. The summed E-state index contributed by atoms with van der Waals surface area (Å²) in [4.78, 5) is 26.5. The number of nitrogens with zero attached hydrogens (tertiary/aromatic N) is 1. The Hall–Kier alpha value is -1.29. The molecule has 0 unspecified atom stereocenters. The number of aliphatic hydroxyl groups excluding tert-OH is 1. The van der Waals surface area contributed by atoms with Gasteiger partial charge in [-0.05, 0) is 39.9 Å². The maximum absolute atomic E-state index is 12.4. The van der Waals surface area contributed by atoms with Gasteiger partial charge < -0.3 is 29.0 Å². The molecule has 0 amide bonds. The zero-order valence-corrected chi connectivity index (χ0v) is 18.7. The van der Waals surface area contributed by atoms with Crippen LogP contribution >= 0.6 is 11.8 Å². The minimum atomic E-state index is -0.827. The van der Waals surface area contributed by atoms with Crippen molar-refractivity contribution in [3.05, 3.63) is 11.8 Å². The Morgan fingerprint density at radius 2 is 1.72 bits per heavy atom. The molecule has 2 saturated heterocycles. The van der Waals surface area contributed by atoms with Gasteiger partial charge in [-0.3, -0.25) is 0 Å². The molecule has 0 radical (unpaired) electrons. The van der Waals surface area contributed by atoms with Crippen molar-refractivity contribution in [3.63, 3.8) is 0 Å². The highest BCUT2D eigenvalue weighted by Crippen LogP contribution is 2.40. The van der Waals surface area contributed by atoms with Crippen LogP contribution < -0.4 is 0 Å². The summed E-state index contributed by atoms with van der Waals surface area (Å²) >= 11 is 1.66. The number of β-amino-alcohol motifs (C(OH)–C–C–N with tert-alkyl or cyclic N) is 1. The van der Waals surface area contributed by atoms with Crippen LogP contribution in [-0.4, -0.2) is 76.9 Å². The Morgan fingerprint density at radius 3 is 2.28 bits per heavy atom. The fourth-order valence-corrected chi connectivity index (χ4v) is 4.82. The van der Waals surface area contributed by atoms with Gasteiger partial charge in [0.05, 0.1) is 13.2 Å². The monoisotopic (exact) mass is 431 g/mol. The number of hydrogen-bond donors (Lipinski definition) is 1. The van der Waals surface area contributed by atoms with Crippen LogP contribution in [-0.2, 0) is 28.5 Å². The average Bonchev–Trinajstić information content (AvgIpc) is 2.98. The molecule has 2 rings (SSSR count). The molecule has 8 nitrogen and oxygen atoms in total. The maximum Gasteiger partial charge on any atom is 0.347 e. The van der Waals surface area contributed by atoms with E-state index in [-0.39, 0.29) is 30.7 Å². The fourth-order valence-electron chi connectivity index (χ4n) is 3.39. The first-order valence-corrected chi connectivity index (χ1v) is 11.3. The van der Waals surface area contributed by atoms with Crippen LogP contribution in [0.5, 0.6) is 0 Å². The number of rotatable bonds is 9. The normalized spacial score (nSPS) is 27.9. The molecule has 0 bridgehead atoms. The number of fused-ring (bicyclic) bond motifs is 1. The second-order valence-corrected chi connectivity index (χ2v) is 8.65. The lowest BCUT2D eigenvalue weighted by atomic mass is 10.0. The van der Waals surface area contributed by atoms with Crippen molar-refractivity contribution in [2.75, 3.05) is 25.5 Å². The number of carbonyl (C=O) groups is 2. The van der Waals surface area contributed by atoms with Crippen LogP contribution in [0.4, 0.5) is 0 Å². The van der Waals surface area contributed by atoms with Gasteiger partial charge in [-0.25, -0.2) is 9.59 Å². The van der Waals surface area contributed by atoms with Gasteiger partial charge in [-0.1, -0.05) is 13.3 Å². The van der Waals surface area contributed by atoms with E-state index >= 15 is 0 Å². The lowest BCUT2D eigenvalue weighted by molar-refractivity contribution is -0.152. The highest BCUT2D eigenvalue weighted by atomic mass is 32.2. The Kier molecular flexibility index (Phi) is 8.81. The Labute approximate surface area is 176 Å². The second kappa shape index (κ2) is 10.7. The summed E-state index contributed by atoms with van der Waals surface area (Å²) in [5, 5.41) is 10.4. The number of aliphatic hydroxyl groups is 1. The number of hydrogen-bond acceptors (Lipinski definition) is 9. The number of thioether (sulfide) groups is 1.